The SMILES string of the molecule is CC(NC(=O)CCC(=O)O)c1nn[nH]n1. The van der Waals surface area contributed by atoms with Gasteiger partial charge in [0.2, 0.25) is 5.91 Å². The molecule has 1 unspecified atom stereocenters. The van der Waals surface area contributed by atoms with E-state index < -0.39 is 5.97 Å². The standard InChI is InChI=1S/C7H11N5O3/c1-4(7-9-11-12-10-7)8-5(13)2-3-6(14)15/h4H,2-3H2,1H3,(H,8,13)(H,14,15)(H,9,10,11,12). The number of aliphatic carboxylic acids is 1. The quantitative estimate of drug-likeness (QED) is 0.591. The molecule has 8 nitrogen and oxygen atoms in total. The summed E-state index contributed by atoms with van der Waals surface area (Å²) < 4.78 is 0. The van der Waals surface area contributed by atoms with Crippen molar-refractivity contribution in [2.45, 2.75) is 25.8 Å². The molecule has 0 fully saturated rings. The zero-order valence-corrected chi connectivity index (χ0v) is 8.10. The van der Waals surface area contributed by atoms with Crippen LogP contribution in [-0.4, -0.2) is 37.6 Å². The third-order valence-electron chi connectivity index (χ3n) is 1.69. The van der Waals surface area contributed by atoms with E-state index in [4.69, 9.17) is 5.11 Å². The highest BCUT2D eigenvalue weighted by molar-refractivity contribution is 5.80. The maximum atomic E-state index is 11.2. The topological polar surface area (TPSA) is 121 Å². The summed E-state index contributed by atoms with van der Waals surface area (Å²) in [6.07, 6.45) is -0.248. The van der Waals surface area contributed by atoms with Crippen LogP contribution in [-0.2, 0) is 9.59 Å². The zero-order valence-electron chi connectivity index (χ0n) is 8.10. The van der Waals surface area contributed by atoms with Gasteiger partial charge in [0.1, 0.15) is 0 Å². The highest BCUT2D eigenvalue weighted by atomic mass is 16.4. The van der Waals surface area contributed by atoms with Crippen LogP contribution in [0.2, 0.25) is 0 Å². The van der Waals surface area contributed by atoms with Crippen molar-refractivity contribution in [1.29, 1.82) is 0 Å². The number of nitrogens with zero attached hydrogens (tertiary/aromatic N) is 3. The Morgan fingerprint density at radius 3 is 2.80 bits per heavy atom. The van der Waals surface area contributed by atoms with E-state index in [-0.39, 0.29) is 24.8 Å². The van der Waals surface area contributed by atoms with Crippen LogP contribution in [0.25, 0.3) is 0 Å². The van der Waals surface area contributed by atoms with E-state index in [0.717, 1.165) is 0 Å². The van der Waals surface area contributed by atoms with Crippen LogP contribution >= 0.6 is 0 Å². The maximum Gasteiger partial charge on any atom is 0.303 e. The average molecular weight is 213 g/mol. The number of aromatic amines is 1. The number of hydrogen-bond acceptors (Lipinski definition) is 5. The van der Waals surface area contributed by atoms with Gasteiger partial charge in [-0.25, -0.2) is 0 Å². The summed E-state index contributed by atoms with van der Waals surface area (Å²) in [5, 5.41) is 23.9. The first-order valence-electron chi connectivity index (χ1n) is 4.34. The Labute approximate surface area is 85.1 Å². The molecule has 0 aliphatic heterocycles. The van der Waals surface area contributed by atoms with Crippen molar-refractivity contribution in [3.05, 3.63) is 5.82 Å². The largest absolute Gasteiger partial charge is 0.481 e. The molecule has 0 saturated carbocycles. The minimum absolute atomic E-state index is 0.0580. The van der Waals surface area contributed by atoms with Gasteiger partial charge in [-0.1, -0.05) is 5.21 Å². The lowest BCUT2D eigenvalue weighted by atomic mass is 10.2. The summed E-state index contributed by atoms with van der Waals surface area (Å²) >= 11 is 0. The van der Waals surface area contributed by atoms with Gasteiger partial charge in [0.15, 0.2) is 5.82 Å². The van der Waals surface area contributed by atoms with Gasteiger partial charge in [0, 0.05) is 6.42 Å². The number of rotatable bonds is 5. The molecule has 0 aliphatic rings. The molecule has 0 radical (unpaired) electrons. The summed E-state index contributed by atoms with van der Waals surface area (Å²) in [5.41, 5.74) is 0. The van der Waals surface area contributed by atoms with E-state index in [9.17, 15) is 9.59 Å². The molecule has 15 heavy (non-hydrogen) atoms. The van der Waals surface area contributed by atoms with Crippen LogP contribution in [0, 0.1) is 0 Å². The maximum absolute atomic E-state index is 11.2. The molecule has 1 aromatic heterocycles. The molecule has 1 heterocycles. The number of aromatic nitrogens is 4. The van der Waals surface area contributed by atoms with Gasteiger partial charge in [-0.05, 0) is 6.92 Å². The molecule has 3 N–H and O–H groups in total. The third-order valence-corrected chi connectivity index (χ3v) is 1.69. The van der Waals surface area contributed by atoms with Gasteiger partial charge < -0.3 is 10.4 Å². The number of hydrogen-bond donors (Lipinski definition) is 3. The number of nitrogens with one attached hydrogen (secondary N) is 2. The van der Waals surface area contributed by atoms with E-state index in [0.29, 0.717) is 5.82 Å². The van der Waals surface area contributed by atoms with Crippen LogP contribution in [0.3, 0.4) is 0 Å². The van der Waals surface area contributed by atoms with E-state index >= 15 is 0 Å². The smallest absolute Gasteiger partial charge is 0.303 e. The third kappa shape index (κ3) is 3.71. The molecule has 1 amide bonds. The number of carboxylic acid groups (broad SMARTS) is 1. The number of amides is 1. The van der Waals surface area contributed by atoms with Crippen molar-refractivity contribution >= 4 is 11.9 Å². The number of carboxylic acids is 1. The molecule has 0 spiro atoms. The Kier molecular flexibility index (Phi) is 3.72. The second-order valence-corrected chi connectivity index (χ2v) is 2.95. The minimum Gasteiger partial charge on any atom is -0.481 e. The number of carbonyl (C=O) groups is 2. The van der Waals surface area contributed by atoms with Crippen molar-refractivity contribution in [1.82, 2.24) is 25.9 Å². The molecule has 1 atom stereocenters. The Morgan fingerprint density at radius 2 is 2.27 bits per heavy atom. The van der Waals surface area contributed by atoms with Gasteiger partial charge in [0.25, 0.3) is 0 Å². The van der Waals surface area contributed by atoms with E-state index in [1.807, 2.05) is 0 Å². The first-order chi connectivity index (χ1) is 7.09. The lowest BCUT2D eigenvalue weighted by Gasteiger charge is -2.08. The molecule has 0 aliphatic carbocycles. The molecule has 1 aromatic rings. The van der Waals surface area contributed by atoms with Gasteiger partial charge in [-0.3, -0.25) is 9.59 Å². The van der Waals surface area contributed by atoms with Crippen molar-refractivity contribution in [2.75, 3.05) is 0 Å². The van der Waals surface area contributed by atoms with Gasteiger partial charge in [0.05, 0.1) is 12.5 Å². The van der Waals surface area contributed by atoms with Crippen LogP contribution in [0.5, 0.6) is 0 Å². The van der Waals surface area contributed by atoms with Crippen molar-refractivity contribution in [3.63, 3.8) is 0 Å². The average Bonchev–Trinajstić information content (AvgIpc) is 2.67. The fraction of sp³-hybridized carbons (Fsp3) is 0.571. The van der Waals surface area contributed by atoms with Crippen molar-refractivity contribution in [2.24, 2.45) is 0 Å². The van der Waals surface area contributed by atoms with Gasteiger partial charge in [-0.2, -0.15) is 5.21 Å². The summed E-state index contributed by atoms with van der Waals surface area (Å²) in [5.74, 6) is -0.995. The Hall–Kier alpha value is -1.99. The second kappa shape index (κ2) is 5.03. The molecule has 1 rings (SSSR count). The van der Waals surface area contributed by atoms with Gasteiger partial charge in [-0.15, -0.1) is 10.2 Å². The molecule has 0 bridgehead atoms. The molecule has 8 heteroatoms. The highest BCUT2D eigenvalue weighted by Gasteiger charge is 2.13. The lowest BCUT2D eigenvalue weighted by molar-refractivity contribution is -0.138. The summed E-state index contributed by atoms with van der Waals surface area (Å²) in [6.45, 7) is 1.68. The first-order valence-corrected chi connectivity index (χ1v) is 4.34. The number of tetrazole rings is 1. The van der Waals surface area contributed by atoms with Gasteiger partial charge >= 0.3 is 5.97 Å². The molecule has 82 valence electrons. The lowest BCUT2D eigenvalue weighted by Crippen LogP contribution is -2.27. The predicted octanol–water partition coefficient (Wildman–Crippen LogP) is -0.758. The minimum atomic E-state index is -1.00. The first kappa shape index (κ1) is 11.1. The summed E-state index contributed by atoms with van der Waals surface area (Å²) in [7, 11) is 0. The Balaban J connectivity index is 2.35. The molecular formula is C7H11N5O3. The van der Waals surface area contributed by atoms with Crippen LogP contribution in [0.1, 0.15) is 31.6 Å². The van der Waals surface area contributed by atoms with E-state index in [1.165, 1.54) is 0 Å². The predicted molar refractivity (Wildman–Crippen MR) is 47.6 cm³/mol. The highest BCUT2D eigenvalue weighted by Crippen LogP contribution is 2.03. The van der Waals surface area contributed by atoms with E-state index in [2.05, 4.69) is 25.9 Å². The summed E-state index contributed by atoms with van der Waals surface area (Å²) in [6, 6.07) is -0.384. The normalized spacial score (nSPS) is 12.1. The summed E-state index contributed by atoms with van der Waals surface area (Å²) in [4.78, 5) is 21.4. The number of H-pyrrole nitrogens is 1. The van der Waals surface area contributed by atoms with Crippen molar-refractivity contribution in [3.8, 4) is 0 Å². The molecule has 0 saturated heterocycles. The second-order valence-electron chi connectivity index (χ2n) is 2.95. The van der Waals surface area contributed by atoms with Crippen molar-refractivity contribution < 1.29 is 14.7 Å². The van der Waals surface area contributed by atoms with E-state index in [1.54, 1.807) is 6.92 Å². The Bertz CT molecular complexity index is 336. The monoisotopic (exact) mass is 213 g/mol. The zero-order chi connectivity index (χ0) is 11.3. The Morgan fingerprint density at radius 1 is 1.53 bits per heavy atom. The molecule has 0 aromatic carbocycles. The van der Waals surface area contributed by atoms with Crippen LogP contribution in [0.15, 0.2) is 0 Å². The fourth-order valence-electron chi connectivity index (χ4n) is 0.952. The van der Waals surface area contributed by atoms with Crippen LogP contribution in [0.4, 0.5) is 0 Å². The fourth-order valence-corrected chi connectivity index (χ4v) is 0.952. The number of carbonyl (C=O) groups excluding carboxylic acids is 1. The van der Waals surface area contributed by atoms with Crippen LogP contribution < -0.4 is 5.32 Å². The molecular weight excluding hydrogens is 202 g/mol.